The van der Waals surface area contributed by atoms with Crippen LogP contribution in [0.1, 0.15) is 9.75 Å². The lowest BCUT2D eigenvalue weighted by atomic mass is 10.2. The fourth-order valence-corrected chi connectivity index (χ4v) is 2.84. The first kappa shape index (κ1) is 11.2. The van der Waals surface area contributed by atoms with Gasteiger partial charge >= 0.3 is 0 Å². The normalized spacial score (nSPS) is 10.7. The third-order valence-electron chi connectivity index (χ3n) is 2.90. The van der Waals surface area contributed by atoms with Crippen LogP contribution < -0.4 is 5.32 Å². The number of aryl methyl sites for hydroxylation is 1. The lowest BCUT2D eigenvalue weighted by Gasteiger charge is -2.08. The third-order valence-corrected chi connectivity index (χ3v) is 3.90. The molecule has 0 spiro atoms. The highest BCUT2D eigenvalue weighted by atomic mass is 32.1. The number of para-hydroxylation sites is 1. The standard InChI is InChI=1S/C15H14N2S/c1-11-6-7-12(18-11)10-17-15-8-9-16-14-5-3-2-4-13(14)15/h2-9H,10H2,1H3,(H,16,17). The predicted molar refractivity (Wildman–Crippen MR) is 78.1 cm³/mol. The minimum Gasteiger partial charge on any atom is -0.380 e. The number of hydrogen-bond acceptors (Lipinski definition) is 3. The van der Waals surface area contributed by atoms with Gasteiger partial charge < -0.3 is 5.32 Å². The van der Waals surface area contributed by atoms with Crippen molar-refractivity contribution >= 4 is 27.9 Å². The zero-order chi connectivity index (χ0) is 12.4. The average molecular weight is 254 g/mol. The second kappa shape index (κ2) is 4.78. The summed E-state index contributed by atoms with van der Waals surface area (Å²) in [6.07, 6.45) is 1.85. The molecule has 18 heavy (non-hydrogen) atoms. The van der Waals surface area contributed by atoms with Gasteiger partial charge in [-0.05, 0) is 31.2 Å². The Morgan fingerprint density at radius 3 is 2.83 bits per heavy atom. The zero-order valence-electron chi connectivity index (χ0n) is 10.2. The van der Waals surface area contributed by atoms with Gasteiger partial charge in [-0.25, -0.2) is 0 Å². The number of thiophene rings is 1. The number of hydrogen-bond donors (Lipinski definition) is 1. The van der Waals surface area contributed by atoms with Crippen molar-refractivity contribution in [2.24, 2.45) is 0 Å². The molecular formula is C15H14N2S. The van der Waals surface area contributed by atoms with E-state index >= 15 is 0 Å². The van der Waals surface area contributed by atoms with Crippen molar-refractivity contribution in [2.75, 3.05) is 5.32 Å². The van der Waals surface area contributed by atoms with Crippen molar-refractivity contribution in [2.45, 2.75) is 13.5 Å². The van der Waals surface area contributed by atoms with Crippen LogP contribution in [0.25, 0.3) is 10.9 Å². The maximum absolute atomic E-state index is 4.36. The quantitative estimate of drug-likeness (QED) is 0.757. The topological polar surface area (TPSA) is 24.9 Å². The Bertz CT molecular complexity index is 668. The van der Waals surface area contributed by atoms with E-state index < -0.39 is 0 Å². The molecule has 0 aliphatic carbocycles. The molecule has 0 unspecified atom stereocenters. The lowest BCUT2D eigenvalue weighted by Crippen LogP contribution is -1.98. The predicted octanol–water partition coefficient (Wildman–Crippen LogP) is 4.22. The fourth-order valence-electron chi connectivity index (χ4n) is 2.01. The van der Waals surface area contributed by atoms with E-state index in [0.29, 0.717) is 0 Å². The first-order valence-electron chi connectivity index (χ1n) is 5.96. The number of fused-ring (bicyclic) bond motifs is 1. The number of nitrogens with zero attached hydrogens (tertiary/aromatic N) is 1. The van der Waals surface area contributed by atoms with E-state index in [-0.39, 0.29) is 0 Å². The van der Waals surface area contributed by atoms with Crippen LogP contribution in [0.3, 0.4) is 0 Å². The van der Waals surface area contributed by atoms with Crippen molar-refractivity contribution in [1.29, 1.82) is 0 Å². The Kier molecular flexibility index (Phi) is 2.99. The van der Waals surface area contributed by atoms with Gasteiger partial charge in [0.15, 0.2) is 0 Å². The summed E-state index contributed by atoms with van der Waals surface area (Å²) in [5.74, 6) is 0. The third kappa shape index (κ3) is 2.22. The van der Waals surface area contributed by atoms with Crippen LogP contribution in [0.15, 0.2) is 48.7 Å². The molecule has 0 atom stereocenters. The maximum atomic E-state index is 4.36. The molecule has 2 heterocycles. The van der Waals surface area contributed by atoms with Gasteiger partial charge in [0.2, 0.25) is 0 Å². The van der Waals surface area contributed by atoms with E-state index in [1.165, 1.54) is 15.1 Å². The summed E-state index contributed by atoms with van der Waals surface area (Å²) >= 11 is 1.83. The summed E-state index contributed by atoms with van der Waals surface area (Å²) in [6.45, 7) is 3.00. The zero-order valence-corrected chi connectivity index (χ0v) is 11.0. The molecule has 0 fully saturated rings. The highest BCUT2D eigenvalue weighted by Gasteiger charge is 2.01. The van der Waals surface area contributed by atoms with Crippen molar-refractivity contribution < 1.29 is 0 Å². The second-order valence-corrected chi connectivity index (χ2v) is 5.61. The number of aromatic nitrogens is 1. The molecule has 0 bridgehead atoms. The van der Waals surface area contributed by atoms with Crippen LogP contribution in [0.5, 0.6) is 0 Å². The minimum atomic E-state index is 0.868. The molecule has 0 saturated carbocycles. The van der Waals surface area contributed by atoms with Crippen LogP contribution in [0, 0.1) is 6.92 Å². The molecule has 1 aromatic carbocycles. The van der Waals surface area contributed by atoms with Crippen molar-refractivity contribution in [1.82, 2.24) is 4.98 Å². The summed E-state index contributed by atoms with van der Waals surface area (Å²) in [5, 5.41) is 4.66. The van der Waals surface area contributed by atoms with Crippen molar-refractivity contribution in [3.63, 3.8) is 0 Å². The van der Waals surface area contributed by atoms with Gasteiger partial charge in [-0.1, -0.05) is 18.2 Å². The molecule has 3 heteroatoms. The molecule has 0 saturated heterocycles. The van der Waals surface area contributed by atoms with Gasteiger partial charge in [0.05, 0.1) is 5.52 Å². The first-order valence-corrected chi connectivity index (χ1v) is 6.77. The monoisotopic (exact) mass is 254 g/mol. The van der Waals surface area contributed by atoms with Crippen LogP contribution in [-0.2, 0) is 6.54 Å². The Morgan fingerprint density at radius 2 is 2.00 bits per heavy atom. The Labute approximate surface area is 110 Å². The van der Waals surface area contributed by atoms with Crippen LogP contribution >= 0.6 is 11.3 Å². The summed E-state index contributed by atoms with van der Waals surface area (Å²) in [4.78, 5) is 7.07. The van der Waals surface area contributed by atoms with Crippen molar-refractivity contribution in [3.8, 4) is 0 Å². The fraction of sp³-hybridized carbons (Fsp3) is 0.133. The van der Waals surface area contributed by atoms with Gasteiger partial charge in [0.1, 0.15) is 0 Å². The van der Waals surface area contributed by atoms with Crippen LogP contribution in [0.2, 0.25) is 0 Å². The summed E-state index contributed by atoms with van der Waals surface area (Å²) in [7, 11) is 0. The van der Waals surface area contributed by atoms with Crippen molar-refractivity contribution in [3.05, 3.63) is 58.4 Å². The molecule has 3 aromatic rings. The molecule has 2 nitrogen and oxygen atoms in total. The number of benzene rings is 1. The van der Waals surface area contributed by atoms with E-state index in [1.54, 1.807) is 0 Å². The van der Waals surface area contributed by atoms with Gasteiger partial charge in [-0.2, -0.15) is 0 Å². The number of pyridine rings is 1. The highest BCUT2D eigenvalue weighted by Crippen LogP contribution is 2.23. The molecule has 0 aliphatic rings. The minimum absolute atomic E-state index is 0.868. The van der Waals surface area contributed by atoms with E-state index in [9.17, 15) is 0 Å². The van der Waals surface area contributed by atoms with Gasteiger partial charge in [-0.3, -0.25) is 4.98 Å². The summed E-state index contributed by atoms with van der Waals surface area (Å²) in [6, 6.07) is 14.6. The Balaban J connectivity index is 1.86. The first-order chi connectivity index (χ1) is 8.83. The lowest BCUT2D eigenvalue weighted by molar-refractivity contribution is 1.19. The van der Waals surface area contributed by atoms with E-state index in [1.807, 2.05) is 41.8 Å². The molecule has 1 N–H and O–H groups in total. The number of nitrogens with one attached hydrogen (secondary N) is 1. The van der Waals surface area contributed by atoms with Crippen LogP contribution in [-0.4, -0.2) is 4.98 Å². The summed E-state index contributed by atoms with van der Waals surface area (Å²) < 4.78 is 0. The molecule has 2 aromatic heterocycles. The maximum Gasteiger partial charge on any atom is 0.0722 e. The summed E-state index contributed by atoms with van der Waals surface area (Å²) in [5.41, 5.74) is 2.18. The Morgan fingerprint density at radius 1 is 1.11 bits per heavy atom. The number of rotatable bonds is 3. The smallest absolute Gasteiger partial charge is 0.0722 e. The number of anilines is 1. The molecule has 3 rings (SSSR count). The molecule has 90 valence electrons. The van der Waals surface area contributed by atoms with E-state index in [4.69, 9.17) is 0 Å². The second-order valence-electron chi connectivity index (χ2n) is 4.24. The highest BCUT2D eigenvalue weighted by molar-refractivity contribution is 7.11. The van der Waals surface area contributed by atoms with Gasteiger partial charge in [-0.15, -0.1) is 11.3 Å². The van der Waals surface area contributed by atoms with E-state index in [0.717, 1.165) is 17.7 Å². The molecule has 0 amide bonds. The SMILES string of the molecule is Cc1ccc(CNc2ccnc3ccccc23)s1. The Hall–Kier alpha value is -1.87. The molecule has 0 radical (unpaired) electrons. The van der Waals surface area contributed by atoms with Gasteiger partial charge in [0, 0.05) is 33.6 Å². The largest absolute Gasteiger partial charge is 0.380 e. The molecular weight excluding hydrogens is 240 g/mol. The molecule has 0 aliphatic heterocycles. The average Bonchev–Trinajstić information content (AvgIpc) is 2.82. The van der Waals surface area contributed by atoms with E-state index in [2.05, 4.69) is 35.4 Å². The van der Waals surface area contributed by atoms with Crippen LogP contribution in [0.4, 0.5) is 5.69 Å². The van der Waals surface area contributed by atoms with Gasteiger partial charge in [0.25, 0.3) is 0 Å².